The second kappa shape index (κ2) is 5.78. The molecule has 4 heteroatoms. The molecule has 0 saturated heterocycles. The number of amides is 1. The minimum absolute atomic E-state index is 0.434. The lowest BCUT2D eigenvalue weighted by atomic mass is 9.86. The first-order valence-corrected chi connectivity index (χ1v) is 7.12. The molecule has 3 nitrogen and oxygen atoms in total. The summed E-state index contributed by atoms with van der Waals surface area (Å²) in [6.07, 6.45) is 0. The maximum absolute atomic E-state index is 12.1. The highest BCUT2D eigenvalue weighted by molar-refractivity contribution is 6.30. The van der Waals surface area contributed by atoms with Crippen molar-refractivity contribution in [2.75, 3.05) is 5.32 Å². The number of halogens is 1. The molecule has 21 heavy (non-hydrogen) atoms. The number of nitrogens with one attached hydrogen (secondary N) is 1. The summed E-state index contributed by atoms with van der Waals surface area (Å²) in [7, 11) is 0. The fourth-order valence-corrected chi connectivity index (χ4v) is 2.58. The van der Waals surface area contributed by atoms with E-state index in [4.69, 9.17) is 17.3 Å². The lowest BCUT2D eigenvalue weighted by Crippen LogP contribution is -2.45. The van der Waals surface area contributed by atoms with E-state index in [2.05, 4.69) is 5.32 Å². The van der Waals surface area contributed by atoms with Gasteiger partial charge in [0.25, 0.3) is 0 Å². The third kappa shape index (κ3) is 3.19. The maximum atomic E-state index is 12.1. The van der Waals surface area contributed by atoms with Crippen LogP contribution in [0.25, 0.3) is 0 Å². The molecule has 3 N–H and O–H groups in total. The van der Waals surface area contributed by atoms with Gasteiger partial charge in [0.1, 0.15) is 5.54 Å². The molecule has 2 aromatic carbocycles. The van der Waals surface area contributed by atoms with Gasteiger partial charge in [0, 0.05) is 10.7 Å². The molecular formula is C17H19ClN2O. The number of primary amides is 1. The summed E-state index contributed by atoms with van der Waals surface area (Å²) in [5.41, 5.74) is 8.39. The van der Waals surface area contributed by atoms with E-state index in [9.17, 15) is 4.79 Å². The van der Waals surface area contributed by atoms with Crippen molar-refractivity contribution in [3.05, 3.63) is 64.2 Å². The normalized spacial score (nSPS) is 13.5. The molecule has 1 atom stereocenters. The standard InChI is InChI=1S/C17H19ClN2O/c1-11-7-8-12(2)15(9-11)17(3,16(19)21)20-14-6-4-5-13(18)10-14/h4-10,20H,1-3H3,(H2,19,21). The van der Waals surface area contributed by atoms with Gasteiger partial charge in [-0.2, -0.15) is 0 Å². The van der Waals surface area contributed by atoms with Crippen LogP contribution in [0, 0.1) is 13.8 Å². The van der Waals surface area contributed by atoms with Gasteiger partial charge < -0.3 is 11.1 Å². The predicted molar refractivity (Wildman–Crippen MR) is 87.5 cm³/mol. The summed E-state index contributed by atoms with van der Waals surface area (Å²) in [6.45, 7) is 5.75. The van der Waals surface area contributed by atoms with Gasteiger partial charge in [0.15, 0.2) is 0 Å². The van der Waals surface area contributed by atoms with Crippen LogP contribution in [-0.4, -0.2) is 5.91 Å². The Hall–Kier alpha value is -2.00. The number of aryl methyl sites for hydroxylation is 2. The molecule has 0 radical (unpaired) electrons. The number of nitrogens with two attached hydrogens (primary N) is 1. The van der Waals surface area contributed by atoms with E-state index in [0.717, 1.165) is 22.4 Å². The Morgan fingerprint density at radius 1 is 1.19 bits per heavy atom. The maximum Gasteiger partial charge on any atom is 0.247 e. The second-order valence-corrected chi connectivity index (χ2v) is 5.88. The van der Waals surface area contributed by atoms with E-state index < -0.39 is 11.4 Å². The van der Waals surface area contributed by atoms with Gasteiger partial charge in [-0.25, -0.2) is 0 Å². The van der Waals surface area contributed by atoms with Gasteiger partial charge in [-0.15, -0.1) is 0 Å². The van der Waals surface area contributed by atoms with Crippen LogP contribution < -0.4 is 11.1 Å². The molecule has 0 spiro atoms. The number of carbonyl (C=O) groups is 1. The Bertz CT molecular complexity index is 684. The third-order valence-electron chi connectivity index (χ3n) is 3.64. The average Bonchev–Trinajstić information content (AvgIpc) is 2.41. The van der Waals surface area contributed by atoms with Crippen molar-refractivity contribution in [1.29, 1.82) is 0 Å². The second-order valence-electron chi connectivity index (χ2n) is 5.44. The van der Waals surface area contributed by atoms with Crippen LogP contribution in [0.15, 0.2) is 42.5 Å². The van der Waals surface area contributed by atoms with E-state index in [1.54, 1.807) is 19.1 Å². The van der Waals surface area contributed by atoms with Crippen molar-refractivity contribution in [2.24, 2.45) is 5.73 Å². The zero-order chi connectivity index (χ0) is 15.6. The van der Waals surface area contributed by atoms with Crippen LogP contribution in [0.3, 0.4) is 0 Å². The highest BCUT2D eigenvalue weighted by Crippen LogP contribution is 2.30. The predicted octanol–water partition coefficient (Wildman–Crippen LogP) is 3.77. The van der Waals surface area contributed by atoms with Crippen LogP contribution in [0.1, 0.15) is 23.6 Å². The van der Waals surface area contributed by atoms with E-state index in [1.807, 2.05) is 44.2 Å². The zero-order valence-electron chi connectivity index (χ0n) is 12.4. The summed E-state index contributed by atoms with van der Waals surface area (Å²) in [6, 6.07) is 13.2. The van der Waals surface area contributed by atoms with Gasteiger partial charge in [0.05, 0.1) is 0 Å². The molecule has 1 unspecified atom stereocenters. The number of hydrogen-bond donors (Lipinski definition) is 2. The summed E-state index contributed by atoms with van der Waals surface area (Å²) in [5.74, 6) is -0.434. The summed E-state index contributed by atoms with van der Waals surface area (Å²) in [5, 5.41) is 3.83. The fraction of sp³-hybridized carbons (Fsp3) is 0.235. The van der Waals surface area contributed by atoms with Crippen LogP contribution >= 0.6 is 11.6 Å². The van der Waals surface area contributed by atoms with Gasteiger partial charge in [0.2, 0.25) is 5.91 Å². The fourth-order valence-electron chi connectivity index (χ4n) is 2.39. The molecule has 2 aromatic rings. The first-order valence-electron chi connectivity index (χ1n) is 6.74. The number of anilines is 1. The smallest absolute Gasteiger partial charge is 0.247 e. The van der Waals surface area contributed by atoms with E-state index >= 15 is 0 Å². The van der Waals surface area contributed by atoms with Crippen molar-refractivity contribution in [2.45, 2.75) is 26.3 Å². The largest absolute Gasteiger partial charge is 0.368 e. The third-order valence-corrected chi connectivity index (χ3v) is 3.88. The molecule has 0 saturated carbocycles. The summed E-state index contributed by atoms with van der Waals surface area (Å²) >= 11 is 6.00. The van der Waals surface area contributed by atoms with Crippen molar-refractivity contribution in [3.63, 3.8) is 0 Å². The van der Waals surface area contributed by atoms with Crippen molar-refractivity contribution in [3.8, 4) is 0 Å². The van der Waals surface area contributed by atoms with Crippen molar-refractivity contribution < 1.29 is 4.79 Å². The van der Waals surface area contributed by atoms with E-state index in [1.165, 1.54) is 0 Å². The number of hydrogen-bond acceptors (Lipinski definition) is 2. The van der Waals surface area contributed by atoms with Gasteiger partial charge in [-0.3, -0.25) is 4.79 Å². The molecular weight excluding hydrogens is 284 g/mol. The lowest BCUT2D eigenvalue weighted by Gasteiger charge is -2.31. The van der Waals surface area contributed by atoms with Crippen LogP contribution in [0.2, 0.25) is 5.02 Å². The van der Waals surface area contributed by atoms with Crippen molar-refractivity contribution in [1.82, 2.24) is 0 Å². The highest BCUT2D eigenvalue weighted by atomic mass is 35.5. The molecule has 0 aromatic heterocycles. The Labute approximate surface area is 130 Å². The Balaban J connectivity index is 2.50. The number of rotatable bonds is 4. The molecule has 1 amide bonds. The minimum atomic E-state index is -0.999. The SMILES string of the molecule is Cc1ccc(C)c(C(C)(Nc2cccc(Cl)c2)C(N)=O)c1. The van der Waals surface area contributed by atoms with Gasteiger partial charge >= 0.3 is 0 Å². The Morgan fingerprint density at radius 3 is 2.52 bits per heavy atom. The van der Waals surface area contributed by atoms with Crippen LogP contribution in [0.5, 0.6) is 0 Å². The first-order chi connectivity index (χ1) is 9.83. The van der Waals surface area contributed by atoms with Gasteiger partial charge in [-0.05, 0) is 50.1 Å². The highest BCUT2D eigenvalue weighted by Gasteiger charge is 2.34. The van der Waals surface area contributed by atoms with Crippen molar-refractivity contribution >= 4 is 23.2 Å². The molecule has 0 heterocycles. The zero-order valence-corrected chi connectivity index (χ0v) is 13.2. The topological polar surface area (TPSA) is 55.1 Å². The van der Waals surface area contributed by atoms with E-state index in [-0.39, 0.29) is 0 Å². The summed E-state index contributed by atoms with van der Waals surface area (Å²) < 4.78 is 0. The minimum Gasteiger partial charge on any atom is -0.368 e. The lowest BCUT2D eigenvalue weighted by molar-refractivity contribution is -0.122. The van der Waals surface area contributed by atoms with Crippen LogP contribution in [0.4, 0.5) is 5.69 Å². The molecule has 0 fully saturated rings. The average molecular weight is 303 g/mol. The number of carbonyl (C=O) groups excluding carboxylic acids is 1. The molecule has 0 aliphatic rings. The summed E-state index contributed by atoms with van der Waals surface area (Å²) in [4.78, 5) is 12.1. The molecule has 0 bridgehead atoms. The van der Waals surface area contributed by atoms with Crippen LogP contribution in [-0.2, 0) is 10.3 Å². The Kier molecular flexibility index (Phi) is 4.24. The quantitative estimate of drug-likeness (QED) is 0.903. The molecule has 110 valence electrons. The number of benzene rings is 2. The monoisotopic (exact) mass is 302 g/mol. The molecule has 2 rings (SSSR count). The molecule has 0 aliphatic carbocycles. The molecule has 0 aliphatic heterocycles. The van der Waals surface area contributed by atoms with Gasteiger partial charge in [-0.1, -0.05) is 41.4 Å². The Morgan fingerprint density at radius 2 is 1.90 bits per heavy atom. The first kappa shape index (κ1) is 15.4. The van der Waals surface area contributed by atoms with E-state index in [0.29, 0.717) is 5.02 Å².